The van der Waals surface area contributed by atoms with Crippen molar-refractivity contribution in [3.05, 3.63) is 0 Å². The van der Waals surface area contributed by atoms with E-state index in [1.54, 1.807) is 6.92 Å². The summed E-state index contributed by atoms with van der Waals surface area (Å²) < 4.78 is 4.52. The molecule has 1 unspecified atom stereocenters. The van der Waals surface area contributed by atoms with E-state index in [2.05, 4.69) is 10.7 Å². The van der Waals surface area contributed by atoms with Gasteiger partial charge in [-0.25, -0.2) is 9.59 Å². The van der Waals surface area contributed by atoms with E-state index in [1.165, 1.54) is 6.92 Å². The fraction of sp³-hybridized carbons (Fsp3) is 0.500. The molecule has 12 heavy (non-hydrogen) atoms. The van der Waals surface area contributed by atoms with Crippen LogP contribution in [0.25, 0.3) is 0 Å². The fourth-order valence-electron chi connectivity index (χ4n) is 0.452. The highest BCUT2D eigenvalue weighted by molar-refractivity contribution is 6.28. The summed E-state index contributed by atoms with van der Waals surface area (Å²) in [4.78, 5) is 20.6. The summed E-state index contributed by atoms with van der Waals surface area (Å²) in [6.07, 6.45) is 5.42. The molecule has 0 aliphatic rings. The molecule has 4 heteroatoms. The van der Waals surface area contributed by atoms with Gasteiger partial charge in [0, 0.05) is 0 Å². The van der Waals surface area contributed by atoms with Gasteiger partial charge in [0.05, 0.1) is 0 Å². The standard InChI is InChI=1S/C8H10O4/c1-4-8(3,5-2)12-7(11)6(9)10/h1H,5H2,2-3H3,(H,9,10). The number of carboxylic acids is 1. The van der Waals surface area contributed by atoms with Crippen LogP contribution < -0.4 is 0 Å². The Kier molecular flexibility index (Phi) is 3.30. The molecule has 0 aromatic carbocycles. The number of hydrogen-bond acceptors (Lipinski definition) is 3. The molecule has 0 heterocycles. The van der Waals surface area contributed by atoms with Crippen LogP contribution in [0.4, 0.5) is 0 Å². The number of terminal acetylenes is 1. The monoisotopic (exact) mass is 170 g/mol. The number of rotatable bonds is 2. The zero-order valence-corrected chi connectivity index (χ0v) is 6.96. The van der Waals surface area contributed by atoms with Gasteiger partial charge in [-0.15, -0.1) is 6.42 Å². The van der Waals surface area contributed by atoms with Crippen molar-refractivity contribution in [2.45, 2.75) is 25.9 Å². The molecule has 0 amide bonds. The molecule has 66 valence electrons. The summed E-state index contributed by atoms with van der Waals surface area (Å²) in [5.74, 6) is -0.749. The van der Waals surface area contributed by atoms with Crippen molar-refractivity contribution in [3.8, 4) is 12.3 Å². The average Bonchev–Trinajstić information content (AvgIpc) is 2.04. The van der Waals surface area contributed by atoms with Gasteiger partial charge in [0.15, 0.2) is 5.60 Å². The van der Waals surface area contributed by atoms with Crippen molar-refractivity contribution >= 4 is 11.9 Å². The third kappa shape index (κ3) is 2.62. The molecule has 0 aromatic rings. The molecular weight excluding hydrogens is 160 g/mol. The lowest BCUT2D eigenvalue weighted by Crippen LogP contribution is -2.32. The van der Waals surface area contributed by atoms with E-state index in [9.17, 15) is 9.59 Å². The molecule has 0 aliphatic heterocycles. The van der Waals surface area contributed by atoms with E-state index < -0.39 is 17.5 Å². The summed E-state index contributed by atoms with van der Waals surface area (Å²) in [5, 5.41) is 8.19. The minimum atomic E-state index is -1.63. The molecular formula is C8H10O4. The predicted octanol–water partition coefficient (Wildman–Crippen LogP) is 0.416. The molecule has 0 bridgehead atoms. The Morgan fingerprint density at radius 1 is 1.67 bits per heavy atom. The fourth-order valence-corrected chi connectivity index (χ4v) is 0.452. The van der Waals surface area contributed by atoms with Crippen LogP contribution in [0.15, 0.2) is 0 Å². The van der Waals surface area contributed by atoms with E-state index in [1.807, 2.05) is 0 Å². The maximum atomic E-state index is 10.6. The minimum Gasteiger partial charge on any atom is -0.473 e. The number of carbonyl (C=O) groups is 2. The first-order valence-corrected chi connectivity index (χ1v) is 3.39. The van der Waals surface area contributed by atoms with E-state index in [4.69, 9.17) is 11.5 Å². The maximum Gasteiger partial charge on any atom is 0.418 e. The minimum absolute atomic E-state index is 0.377. The van der Waals surface area contributed by atoms with Gasteiger partial charge in [0.25, 0.3) is 0 Å². The van der Waals surface area contributed by atoms with Crippen molar-refractivity contribution < 1.29 is 19.4 Å². The lowest BCUT2D eigenvalue weighted by atomic mass is 10.1. The van der Waals surface area contributed by atoms with Crippen LogP contribution in [0, 0.1) is 12.3 Å². The zero-order chi connectivity index (χ0) is 9.78. The Labute approximate surface area is 70.5 Å². The molecule has 4 nitrogen and oxygen atoms in total. The molecule has 1 N–H and O–H groups in total. The van der Waals surface area contributed by atoms with Crippen molar-refractivity contribution in [1.82, 2.24) is 0 Å². The van der Waals surface area contributed by atoms with Crippen molar-refractivity contribution in [1.29, 1.82) is 0 Å². The summed E-state index contributed by atoms with van der Waals surface area (Å²) in [5.41, 5.74) is -1.12. The molecule has 0 fully saturated rings. The molecule has 0 saturated carbocycles. The van der Waals surface area contributed by atoms with Crippen LogP contribution in [0.3, 0.4) is 0 Å². The largest absolute Gasteiger partial charge is 0.473 e. The van der Waals surface area contributed by atoms with Crippen LogP contribution in [-0.4, -0.2) is 22.6 Å². The smallest absolute Gasteiger partial charge is 0.418 e. The van der Waals surface area contributed by atoms with Gasteiger partial charge in [-0.05, 0) is 13.3 Å². The van der Waals surface area contributed by atoms with Crippen LogP contribution in [0.2, 0.25) is 0 Å². The Morgan fingerprint density at radius 3 is 2.42 bits per heavy atom. The zero-order valence-electron chi connectivity index (χ0n) is 6.96. The first-order chi connectivity index (χ1) is 5.45. The van der Waals surface area contributed by atoms with Gasteiger partial charge in [-0.3, -0.25) is 0 Å². The molecule has 0 aliphatic carbocycles. The second-order valence-electron chi connectivity index (χ2n) is 2.42. The lowest BCUT2D eigenvalue weighted by molar-refractivity contribution is -0.170. The quantitative estimate of drug-likeness (QED) is 0.370. The summed E-state index contributed by atoms with van der Waals surface area (Å²) in [6, 6.07) is 0. The van der Waals surface area contributed by atoms with Crippen molar-refractivity contribution in [2.24, 2.45) is 0 Å². The number of hydrogen-bond donors (Lipinski definition) is 1. The second-order valence-corrected chi connectivity index (χ2v) is 2.42. The highest BCUT2D eigenvalue weighted by Gasteiger charge is 2.27. The third-order valence-corrected chi connectivity index (χ3v) is 1.47. The number of carboxylic acid groups (broad SMARTS) is 1. The van der Waals surface area contributed by atoms with Crippen LogP contribution in [0.5, 0.6) is 0 Å². The summed E-state index contributed by atoms with van der Waals surface area (Å²) >= 11 is 0. The molecule has 0 aromatic heterocycles. The van der Waals surface area contributed by atoms with Gasteiger partial charge in [-0.2, -0.15) is 0 Å². The number of carbonyl (C=O) groups excluding carboxylic acids is 1. The van der Waals surface area contributed by atoms with Gasteiger partial charge in [-0.1, -0.05) is 12.8 Å². The first-order valence-electron chi connectivity index (χ1n) is 3.39. The maximum absolute atomic E-state index is 10.6. The SMILES string of the molecule is C#CC(C)(CC)OC(=O)C(=O)O. The summed E-state index contributed by atoms with van der Waals surface area (Å²) in [6.45, 7) is 3.18. The molecule has 0 radical (unpaired) electrons. The first kappa shape index (κ1) is 10.5. The summed E-state index contributed by atoms with van der Waals surface area (Å²) in [7, 11) is 0. The third-order valence-electron chi connectivity index (χ3n) is 1.47. The van der Waals surface area contributed by atoms with Gasteiger partial charge in [0.1, 0.15) is 0 Å². The number of aliphatic carboxylic acids is 1. The van der Waals surface area contributed by atoms with Gasteiger partial charge in [0.2, 0.25) is 0 Å². The Balaban J connectivity index is 4.34. The highest BCUT2D eigenvalue weighted by atomic mass is 16.6. The normalized spacial score (nSPS) is 14.1. The van der Waals surface area contributed by atoms with Gasteiger partial charge < -0.3 is 9.84 Å². The molecule has 1 atom stereocenters. The van der Waals surface area contributed by atoms with E-state index in [0.717, 1.165) is 0 Å². The molecule has 0 saturated heterocycles. The topological polar surface area (TPSA) is 63.6 Å². The second kappa shape index (κ2) is 3.77. The van der Waals surface area contributed by atoms with Crippen molar-refractivity contribution in [2.75, 3.05) is 0 Å². The van der Waals surface area contributed by atoms with Crippen LogP contribution >= 0.6 is 0 Å². The molecule has 0 rings (SSSR count). The number of esters is 1. The Hall–Kier alpha value is -1.50. The highest BCUT2D eigenvalue weighted by Crippen LogP contribution is 2.13. The van der Waals surface area contributed by atoms with E-state index in [0.29, 0.717) is 6.42 Å². The van der Waals surface area contributed by atoms with Crippen molar-refractivity contribution in [3.63, 3.8) is 0 Å². The predicted molar refractivity (Wildman–Crippen MR) is 41.3 cm³/mol. The van der Waals surface area contributed by atoms with Crippen LogP contribution in [-0.2, 0) is 14.3 Å². The Bertz CT molecular complexity index is 238. The van der Waals surface area contributed by atoms with E-state index in [-0.39, 0.29) is 0 Å². The van der Waals surface area contributed by atoms with Gasteiger partial charge >= 0.3 is 11.9 Å². The number of ether oxygens (including phenoxy) is 1. The Morgan fingerprint density at radius 2 is 2.17 bits per heavy atom. The average molecular weight is 170 g/mol. The lowest BCUT2D eigenvalue weighted by Gasteiger charge is -2.20. The van der Waals surface area contributed by atoms with Crippen LogP contribution in [0.1, 0.15) is 20.3 Å². The molecule has 0 spiro atoms. The van der Waals surface area contributed by atoms with E-state index >= 15 is 0 Å².